The van der Waals surface area contributed by atoms with Gasteiger partial charge < -0.3 is 9.64 Å². The number of rotatable bonds is 4. The highest BCUT2D eigenvalue weighted by atomic mass is 32.2. The molecule has 3 nitrogen and oxygen atoms in total. The van der Waals surface area contributed by atoms with Crippen molar-refractivity contribution in [3.8, 4) is 0 Å². The maximum Gasteiger partial charge on any atom is 0.307 e. The Kier molecular flexibility index (Phi) is 5.47. The van der Waals surface area contributed by atoms with E-state index in [1.54, 1.807) is 0 Å². The van der Waals surface area contributed by atoms with Gasteiger partial charge in [-0.3, -0.25) is 4.79 Å². The van der Waals surface area contributed by atoms with Crippen molar-refractivity contribution in [1.82, 2.24) is 4.90 Å². The fraction of sp³-hybridized carbons (Fsp3) is 0.909. The first-order valence-corrected chi connectivity index (χ1v) is 6.59. The molecule has 0 saturated carbocycles. The van der Waals surface area contributed by atoms with E-state index in [0.717, 1.165) is 19.6 Å². The lowest BCUT2D eigenvalue weighted by Crippen LogP contribution is -2.41. The van der Waals surface area contributed by atoms with E-state index in [1.165, 1.54) is 0 Å². The molecule has 1 aliphatic heterocycles. The van der Waals surface area contributed by atoms with Gasteiger partial charge in [0.25, 0.3) is 0 Å². The molecule has 0 aromatic carbocycles. The van der Waals surface area contributed by atoms with Crippen LogP contribution >= 0.6 is 11.8 Å². The lowest BCUT2D eigenvalue weighted by atomic mass is 10.3. The van der Waals surface area contributed by atoms with Gasteiger partial charge in [-0.15, -0.1) is 0 Å². The number of ether oxygens (including phenoxy) is 1. The fourth-order valence-corrected chi connectivity index (χ4v) is 3.34. The monoisotopic (exact) mass is 231 g/mol. The number of thioether (sulfide) groups is 1. The highest BCUT2D eigenvalue weighted by molar-refractivity contribution is 8.00. The van der Waals surface area contributed by atoms with Crippen LogP contribution in [0.4, 0.5) is 0 Å². The molecule has 0 radical (unpaired) electrons. The van der Waals surface area contributed by atoms with Crippen molar-refractivity contribution >= 4 is 17.7 Å². The summed E-state index contributed by atoms with van der Waals surface area (Å²) in [7, 11) is 0. The van der Waals surface area contributed by atoms with E-state index < -0.39 is 0 Å². The van der Waals surface area contributed by atoms with Gasteiger partial charge in [0, 0.05) is 30.1 Å². The van der Waals surface area contributed by atoms with E-state index in [0.29, 0.717) is 23.5 Å². The van der Waals surface area contributed by atoms with Gasteiger partial charge in [-0.1, -0.05) is 13.8 Å². The molecule has 2 atom stereocenters. The van der Waals surface area contributed by atoms with Crippen LogP contribution in [-0.2, 0) is 9.53 Å². The molecule has 0 bridgehead atoms. The summed E-state index contributed by atoms with van der Waals surface area (Å²) in [6, 6.07) is 0. The van der Waals surface area contributed by atoms with Gasteiger partial charge >= 0.3 is 5.97 Å². The highest BCUT2D eigenvalue weighted by Gasteiger charge is 2.22. The predicted octanol–water partition coefficient (Wildman–Crippen LogP) is 1.77. The van der Waals surface area contributed by atoms with Crippen LogP contribution in [0.25, 0.3) is 0 Å². The van der Waals surface area contributed by atoms with E-state index >= 15 is 0 Å². The maximum atomic E-state index is 11.2. The van der Waals surface area contributed by atoms with Crippen molar-refractivity contribution in [2.75, 3.05) is 26.2 Å². The highest BCUT2D eigenvalue weighted by Crippen LogP contribution is 2.24. The second kappa shape index (κ2) is 6.38. The summed E-state index contributed by atoms with van der Waals surface area (Å²) in [4.78, 5) is 13.6. The summed E-state index contributed by atoms with van der Waals surface area (Å²) in [5.41, 5.74) is 0. The fourth-order valence-electron chi connectivity index (χ4n) is 1.95. The first-order chi connectivity index (χ1) is 7.11. The minimum Gasteiger partial charge on any atom is -0.466 e. The summed E-state index contributed by atoms with van der Waals surface area (Å²) < 4.78 is 4.92. The van der Waals surface area contributed by atoms with E-state index in [4.69, 9.17) is 4.74 Å². The van der Waals surface area contributed by atoms with Gasteiger partial charge in [-0.2, -0.15) is 11.8 Å². The maximum absolute atomic E-state index is 11.2. The molecule has 0 amide bonds. The Morgan fingerprint density at radius 1 is 1.40 bits per heavy atom. The number of hydrogen-bond acceptors (Lipinski definition) is 4. The van der Waals surface area contributed by atoms with E-state index in [2.05, 4.69) is 18.7 Å². The zero-order valence-corrected chi connectivity index (χ0v) is 10.7. The summed E-state index contributed by atoms with van der Waals surface area (Å²) in [5, 5.41) is 1.35. The van der Waals surface area contributed by atoms with Crippen LogP contribution in [0.1, 0.15) is 27.2 Å². The van der Waals surface area contributed by atoms with Crippen molar-refractivity contribution < 1.29 is 9.53 Å². The van der Waals surface area contributed by atoms with E-state index in [1.807, 2.05) is 18.7 Å². The molecule has 1 saturated heterocycles. The molecule has 1 fully saturated rings. The molecule has 0 N–H and O–H groups in total. The molecule has 0 aliphatic carbocycles. The molecule has 1 aliphatic rings. The number of nitrogens with zero attached hydrogens (tertiary/aromatic N) is 1. The normalized spacial score (nSPS) is 27.7. The molecular weight excluding hydrogens is 210 g/mol. The van der Waals surface area contributed by atoms with Gasteiger partial charge in [0.15, 0.2) is 0 Å². The third-order valence-electron chi connectivity index (χ3n) is 2.43. The predicted molar refractivity (Wildman–Crippen MR) is 64.2 cm³/mol. The Labute approximate surface area is 96.5 Å². The summed E-state index contributed by atoms with van der Waals surface area (Å²) in [6.07, 6.45) is 0.526. The molecular formula is C11H21NO2S. The van der Waals surface area contributed by atoms with Crippen LogP contribution in [0, 0.1) is 0 Å². The van der Waals surface area contributed by atoms with Gasteiger partial charge in [0.1, 0.15) is 0 Å². The molecule has 4 heteroatoms. The van der Waals surface area contributed by atoms with E-state index in [-0.39, 0.29) is 5.97 Å². The third-order valence-corrected chi connectivity index (χ3v) is 3.66. The SMILES string of the molecule is CCOC(=O)CCN1CC(C)SC(C)C1. The van der Waals surface area contributed by atoms with Crippen molar-refractivity contribution in [3.05, 3.63) is 0 Å². The molecule has 1 rings (SSSR count). The Bertz CT molecular complexity index is 201. The molecule has 0 aromatic rings. The molecule has 1 heterocycles. The standard InChI is InChI=1S/C11H21NO2S/c1-4-14-11(13)5-6-12-7-9(2)15-10(3)8-12/h9-10H,4-8H2,1-3H3. The zero-order valence-electron chi connectivity index (χ0n) is 9.86. The summed E-state index contributed by atoms with van der Waals surface area (Å²) in [5.74, 6) is -0.0731. The zero-order chi connectivity index (χ0) is 11.3. The second-order valence-corrected chi connectivity index (χ2v) is 5.95. The quantitative estimate of drug-likeness (QED) is 0.690. The number of hydrogen-bond donors (Lipinski definition) is 0. The lowest BCUT2D eigenvalue weighted by Gasteiger charge is -2.34. The van der Waals surface area contributed by atoms with Crippen LogP contribution in [0.15, 0.2) is 0 Å². The first kappa shape index (κ1) is 12.8. The molecule has 15 heavy (non-hydrogen) atoms. The number of carbonyl (C=O) groups is 1. The van der Waals surface area contributed by atoms with Crippen LogP contribution < -0.4 is 0 Å². The van der Waals surface area contributed by atoms with Crippen LogP contribution in [0.2, 0.25) is 0 Å². The van der Waals surface area contributed by atoms with Crippen molar-refractivity contribution in [3.63, 3.8) is 0 Å². The molecule has 0 spiro atoms. The van der Waals surface area contributed by atoms with Crippen molar-refractivity contribution in [2.24, 2.45) is 0 Å². The van der Waals surface area contributed by atoms with Gasteiger partial charge in [-0.05, 0) is 6.92 Å². The second-order valence-electron chi connectivity index (χ2n) is 4.07. The topological polar surface area (TPSA) is 29.5 Å². The molecule has 88 valence electrons. The number of esters is 1. The Hall–Kier alpha value is -0.220. The van der Waals surface area contributed by atoms with Crippen molar-refractivity contribution in [1.29, 1.82) is 0 Å². The minimum atomic E-state index is -0.0731. The van der Waals surface area contributed by atoms with Gasteiger partial charge in [0.05, 0.1) is 13.0 Å². The molecule has 0 aromatic heterocycles. The summed E-state index contributed by atoms with van der Waals surface area (Å²) in [6.45, 7) is 9.85. The smallest absolute Gasteiger partial charge is 0.307 e. The van der Waals surface area contributed by atoms with Crippen LogP contribution in [-0.4, -0.2) is 47.6 Å². The summed E-state index contributed by atoms with van der Waals surface area (Å²) >= 11 is 2.03. The lowest BCUT2D eigenvalue weighted by molar-refractivity contribution is -0.143. The Morgan fingerprint density at radius 3 is 2.53 bits per heavy atom. The Morgan fingerprint density at radius 2 is 2.00 bits per heavy atom. The van der Waals surface area contributed by atoms with Crippen LogP contribution in [0.5, 0.6) is 0 Å². The molecule has 2 unspecified atom stereocenters. The average Bonchev–Trinajstić information content (AvgIpc) is 2.14. The first-order valence-electron chi connectivity index (χ1n) is 5.65. The third kappa shape index (κ3) is 4.89. The van der Waals surface area contributed by atoms with Gasteiger partial charge in [-0.25, -0.2) is 0 Å². The van der Waals surface area contributed by atoms with Gasteiger partial charge in [0.2, 0.25) is 0 Å². The van der Waals surface area contributed by atoms with E-state index in [9.17, 15) is 4.79 Å². The number of carbonyl (C=O) groups excluding carboxylic acids is 1. The van der Waals surface area contributed by atoms with Crippen LogP contribution in [0.3, 0.4) is 0 Å². The minimum absolute atomic E-state index is 0.0731. The van der Waals surface area contributed by atoms with Crippen molar-refractivity contribution in [2.45, 2.75) is 37.7 Å². The Balaban J connectivity index is 2.23. The average molecular weight is 231 g/mol. The largest absolute Gasteiger partial charge is 0.466 e.